The second-order valence-corrected chi connectivity index (χ2v) is 4.09. The fraction of sp³-hybridized carbons (Fsp3) is 0.133. The zero-order valence-electron chi connectivity index (χ0n) is 10.8. The van der Waals surface area contributed by atoms with E-state index in [0.29, 0.717) is 11.3 Å². The van der Waals surface area contributed by atoms with Crippen molar-refractivity contribution >= 4 is 6.03 Å². The Morgan fingerprint density at radius 2 is 1.85 bits per heavy atom. The van der Waals surface area contributed by atoms with Gasteiger partial charge in [-0.25, -0.2) is 9.18 Å². The zero-order valence-corrected chi connectivity index (χ0v) is 10.8. The lowest BCUT2D eigenvalue weighted by molar-refractivity contribution is 0.223. The number of amides is 2. The van der Waals surface area contributed by atoms with Crippen molar-refractivity contribution in [3.05, 3.63) is 66.0 Å². The molecule has 0 radical (unpaired) electrons. The van der Waals surface area contributed by atoms with Crippen molar-refractivity contribution in [2.24, 2.45) is 0 Å². The number of carbonyl (C=O) groups excluding carboxylic acids is 1. The van der Waals surface area contributed by atoms with Crippen LogP contribution in [-0.2, 0) is 6.54 Å². The lowest BCUT2D eigenvalue weighted by Crippen LogP contribution is -2.37. The Kier molecular flexibility index (Phi) is 4.94. The van der Waals surface area contributed by atoms with Crippen molar-refractivity contribution in [1.82, 2.24) is 10.6 Å². The number of halogens is 1. The average Bonchev–Trinajstić information content (AvgIpc) is 2.46. The molecule has 2 aromatic rings. The van der Waals surface area contributed by atoms with Crippen LogP contribution in [0, 0.1) is 5.82 Å². The lowest BCUT2D eigenvalue weighted by Gasteiger charge is -2.09. The summed E-state index contributed by atoms with van der Waals surface area (Å²) >= 11 is 0. The van der Waals surface area contributed by atoms with Crippen LogP contribution in [-0.4, -0.2) is 12.8 Å². The highest BCUT2D eigenvalue weighted by molar-refractivity contribution is 5.73. The second kappa shape index (κ2) is 7.13. The quantitative estimate of drug-likeness (QED) is 0.824. The van der Waals surface area contributed by atoms with Crippen molar-refractivity contribution in [3.8, 4) is 5.75 Å². The molecule has 20 heavy (non-hydrogen) atoms. The molecule has 0 atom stereocenters. The van der Waals surface area contributed by atoms with Gasteiger partial charge in [0.15, 0.2) is 6.73 Å². The van der Waals surface area contributed by atoms with E-state index < -0.39 is 0 Å². The van der Waals surface area contributed by atoms with E-state index in [1.165, 1.54) is 12.1 Å². The van der Waals surface area contributed by atoms with E-state index in [-0.39, 0.29) is 25.1 Å². The van der Waals surface area contributed by atoms with Gasteiger partial charge in [-0.3, -0.25) is 0 Å². The molecule has 2 N–H and O–H groups in total. The molecule has 5 heteroatoms. The van der Waals surface area contributed by atoms with Gasteiger partial charge in [0.2, 0.25) is 0 Å². The summed E-state index contributed by atoms with van der Waals surface area (Å²) in [5, 5.41) is 5.17. The normalized spacial score (nSPS) is 9.85. The molecule has 0 aliphatic carbocycles. The van der Waals surface area contributed by atoms with Gasteiger partial charge in [0.1, 0.15) is 11.6 Å². The molecule has 0 heterocycles. The number of hydrogen-bond donors (Lipinski definition) is 2. The number of ether oxygens (including phenoxy) is 1. The van der Waals surface area contributed by atoms with Gasteiger partial charge in [-0.15, -0.1) is 0 Å². The molecule has 0 spiro atoms. The summed E-state index contributed by atoms with van der Waals surface area (Å²) in [5.41, 5.74) is 0.698. The van der Waals surface area contributed by atoms with Gasteiger partial charge in [0.25, 0.3) is 0 Å². The number of nitrogens with one attached hydrogen (secondary N) is 2. The third kappa shape index (κ3) is 4.61. The van der Waals surface area contributed by atoms with E-state index in [0.717, 1.165) is 0 Å². The van der Waals surface area contributed by atoms with Crippen molar-refractivity contribution < 1.29 is 13.9 Å². The third-order valence-electron chi connectivity index (χ3n) is 2.56. The van der Waals surface area contributed by atoms with Gasteiger partial charge in [0, 0.05) is 6.54 Å². The summed E-state index contributed by atoms with van der Waals surface area (Å²) in [4.78, 5) is 11.5. The first-order valence-corrected chi connectivity index (χ1v) is 6.18. The van der Waals surface area contributed by atoms with Crippen LogP contribution in [0.15, 0.2) is 54.6 Å². The molecule has 0 bridgehead atoms. The first-order chi connectivity index (χ1) is 9.74. The van der Waals surface area contributed by atoms with E-state index in [1.807, 2.05) is 18.2 Å². The van der Waals surface area contributed by atoms with Crippen molar-refractivity contribution in [2.45, 2.75) is 6.54 Å². The highest BCUT2D eigenvalue weighted by atomic mass is 19.1. The first-order valence-electron chi connectivity index (χ1n) is 6.18. The van der Waals surface area contributed by atoms with Crippen molar-refractivity contribution in [2.75, 3.05) is 6.73 Å². The van der Waals surface area contributed by atoms with Crippen LogP contribution in [0.25, 0.3) is 0 Å². The molecule has 0 fully saturated rings. The van der Waals surface area contributed by atoms with Crippen LogP contribution in [0.5, 0.6) is 5.75 Å². The van der Waals surface area contributed by atoms with Crippen LogP contribution in [0.4, 0.5) is 9.18 Å². The predicted molar refractivity (Wildman–Crippen MR) is 73.7 cm³/mol. The van der Waals surface area contributed by atoms with Crippen LogP contribution in [0.3, 0.4) is 0 Å². The minimum absolute atomic E-state index is 0.0684. The van der Waals surface area contributed by atoms with E-state index in [4.69, 9.17) is 4.74 Å². The average molecular weight is 274 g/mol. The maximum atomic E-state index is 12.9. The maximum absolute atomic E-state index is 12.9. The van der Waals surface area contributed by atoms with Crippen molar-refractivity contribution in [3.63, 3.8) is 0 Å². The van der Waals surface area contributed by atoms with E-state index >= 15 is 0 Å². The van der Waals surface area contributed by atoms with Gasteiger partial charge < -0.3 is 15.4 Å². The molecule has 2 amide bonds. The van der Waals surface area contributed by atoms with Gasteiger partial charge in [-0.2, -0.15) is 0 Å². The van der Waals surface area contributed by atoms with Crippen LogP contribution < -0.4 is 15.4 Å². The second-order valence-electron chi connectivity index (χ2n) is 4.09. The lowest BCUT2D eigenvalue weighted by atomic mass is 10.2. The van der Waals surface area contributed by atoms with Gasteiger partial charge in [-0.05, 0) is 29.8 Å². The van der Waals surface area contributed by atoms with Gasteiger partial charge >= 0.3 is 6.03 Å². The molecule has 4 nitrogen and oxygen atoms in total. The van der Waals surface area contributed by atoms with Crippen LogP contribution in [0.1, 0.15) is 5.56 Å². The fourth-order valence-electron chi connectivity index (χ4n) is 1.59. The number of urea groups is 1. The van der Waals surface area contributed by atoms with Crippen molar-refractivity contribution in [1.29, 1.82) is 0 Å². The highest BCUT2D eigenvalue weighted by Gasteiger charge is 2.01. The standard InChI is InChI=1S/C15H15FN2O2/c16-13-6-4-5-12(9-13)10-17-15(19)18-11-20-14-7-2-1-3-8-14/h1-9H,10-11H2,(H2,17,18,19). The molecule has 0 saturated heterocycles. The Morgan fingerprint density at radius 1 is 1.05 bits per heavy atom. The summed E-state index contributed by atoms with van der Waals surface area (Å²) in [6.45, 7) is 0.327. The molecule has 0 saturated carbocycles. The number of hydrogen-bond acceptors (Lipinski definition) is 2. The minimum atomic E-state index is -0.370. The van der Waals surface area contributed by atoms with Crippen LogP contribution >= 0.6 is 0 Å². The molecule has 0 aliphatic rings. The van der Waals surface area contributed by atoms with Gasteiger partial charge in [0.05, 0.1) is 0 Å². The number of para-hydroxylation sites is 1. The number of benzene rings is 2. The molecule has 0 aromatic heterocycles. The third-order valence-corrected chi connectivity index (χ3v) is 2.56. The van der Waals surface area contributed by atoms with Crippen LogP contribution in [0.2, 0.25) is 0 Å². The fourth-order valence-corrected chi connectivity index (χ4v) is 1.59. The van der Waals surface area contributed by atoms with Gasteiger partial charge in [-0.1, -0.05) is 30.3 Å². The van der Waals surface area contributed by atoms with E-state index in [1.54, 1.807) is 24.3 Å². The minimum Gasteiger partial charge on any atom is -0.473 e. The Bertz CT molecular complexity index is 561. The Balaban J connectivity index is 1.68. The highest BCUT2D eigenvalue weighted by Crippen LogP contribution is 2.07. The Hall–Kier alpha value is -2.56. The number of carbonyl (C=O) groups is 1. The molecular weight excluding hydrogens is 259 g/mol. The summed E-state index contributed by atoms with van der Waals surface area (Å²) in [6, 6.07) is 14.9. The number of rotatable bonds is 5. The van der Waals surface area contributed by atoms with E-state index in [9.17, 15) is 9.18 Å². The molecule has 104 valence electrons. The topological polar surface area (TPSA) is 50.4 Å². The maximum Gasteiger partial charge on any atom is 0.317 e. The molecule has 2 aromatic carbocycles. The molecule has 0 unspecified atom stereocenters. The summed E-state index contributed by atoms with van der Waals surface area (Å²) in [6.07, 6.45) is 0. The molecule has 2 rings (SSSR count). The smallest absolute Gasteiger partial charge is 0.317 e. The molecule has 0 aliphatic heterocycles. The largest absolute Gasteiger partial charge is 0.473 e. The predicted octanol–water partition coefficient (Wildman–Crippen LogP) is 2.66. The summed E-state index contributed by atoms with van der Waals surface area (Å²) < 4.78 is 18.2. The SMILES string of the molecule is O=C(NCOc1ccccc1)NCc1cccc(F)c1. The Labute approximate surface area is 116 Å². The van der Waals surface area contributed by atoms with E-state index in [2.05, 4.69) is 10.6 Å². The Morgan fingerprint density at radius 3 is 2.60 bits per heavy atom. The summed E-state index contributed by atoms with van der Waals surface area (Å²) in [7, 11) is 0. The molecular formula is C15H15FN2O2. The zero-order chi connectivity index (χ0) is 14.2. The first kappa shape index (κ1) is 13.9. The summed E-state index contributed by atoms with van der Waals surface area (Å²) in [5.74, 6) is 0.357. The monoisotopic (exact) mass is 274 g/mol.